The van der Waals surface area contributed by atoms with Crippen molar-refractivity contribution < 1.29 is 0 Å². The van der Waals surface area contributed by atoms with Gasteiger partial charge < -0.3 is 10.3 Å². The summed E-state index contributed by atoms with van der Waals surface area (Å²) in [6.45, 7) is 6.56. The number of halogens is 1. The largest absolute Gasteiger partial charge is 0.343 e. The highest BCUT2D eigenvalue weighted by Gasteiger charge is 2.21. The Kier molecular flexibility index (Phi) is 2.89. The molecule has 0 fully saturated rings. The lowest BCUT2D eigenvalue weighted by Crippen LogP contribution is -2.18. The maximum absolute atomic E-state index is 6.09. The van der Waals surface area contributed by atoms with Gasteiger partial charge in [0.05, 0.1) is 6.54 Å². The number of nitrogens with zero attached hydrogens (tertiary/aromatic N) is 1. The molecule has 0 saturated heterocycles. The first-order chi connectivity index (χ1) is 7.09. The SMILES string of the molecule is C=C(Cl)Cn1c(C)cc2c1CCCC2N. The van der Waals surface area contributed by atoms with Crippen LogP contribution in [0.25, 0.3) is 0 Å². The van der Waals surface area contributed by atoms with Crippen LogP contribution in [0.15, 0.2) is 17.7 Å². The van der Waals surface area contributed by atoms with Gasteiger partial charge in [-0.15, -0.1) is 0 Å². The van der Waals surface area contributed by atoms with Crippen molar-refractivity contribution in [2.24, 2.45) is 5.73 Å². The lowest BCUT2D eigenvalue weighted by Gasteiger charge is -2.21. The number of nitrogens with two attached hydrogens (primary N) is 1. The van der Waals surface area contributed by atoms with Crippen molar-refractivity contribution in [3.05, 3.63) is 34.6 Å². The second kappa shape index (κ2) is 4.03. The molecule has 1 atom stereocenters. The summed E-state index contributed by atoms with van der Waals surface area (Å²) in [7, 11) is 0. The molecule has 0 bridgehead atoms. The fourth-order valence-corrected chi connectivity index (χ4v) is 2.51. The van der Waals surface area contributed by atoms with Crippen molar-refractivity contribution in [1.29, 1.82) is 0 Å². The summed E-state index contributed by atoms with van der Waals surface area (Å²) in [4.78, 5) is 0. The maximum atomic E-state index is 6.09. The topological polar surface area (TPSA) is 30.9 Å². The Morgan fingerprint density at radius 3 is 3.13 bits per heavy atom. The fourth-order valence-electron chi connectivity index (χ4n) is 2.39. The summed E-state index contributed by atoms with van der Waals surface area (Å²) in [5.74, 6) is 0. The Morgan fingerprint density at radius 1 is 1.73 bits per heavy atom. The van der Waals surface area contributed by atoms with Crippen LogP contribution in [-0.2, 0) is 13.0 Å². The van der Waals surface area contributed by atoms with Crippen LogP contribution in [0, 0.1) is 6.92 Å². The van der Waals surface area contributed by atoms with Gasteiger partial charge in [-0.25, -0.2) is 0 Å². The van der Waals surface area contributed by atoms with Gasteiger partial charge in [0.2, 0.25) is 0 Å². The highest BCUT2D eigenvalue weighted by atomic mass is 35.5. The molecule has 2 N–H and O–H groups in total. The number of aromatic nitrogens is 1. The third-order valence-electron chi connectivity index (χ3n) is 3.11. The molecule has 1 aliphatic rings. The third-order valence-corrected chi connectivity index (χ3v) is 3.23. The van der Waals surface area contributed by atoms with Gasteiger partial charge in [0.25, 0.3) is 0 Å². The monoisotopic (exact) mass is 224 g/mol. The molecule has 3 heteroatoms. The van der Waals surface area contributed by atoms with Crippen molar-refractivity contribution in [1.82, 2.24) is 4.57 Å². The molecule has 15 heavy (non-hydrogen) atoms. The van der Waals surface area contributed by atoms with Crippen molar-refractivity contribution in [2.45, 2.75) is 38.8 Å². The summed E-state index contributed by atoms with van der Waals surface area (Å²) >= 11 is 5.87. The average molecular weight is 225 g/mol. The molecule has 2 rings (SSSR count). The van der Waals surface area contributed by atoms with Crippen LogP contribution in [-0.4, -0.2) is 4.57 Å². The predicted octanol–water partition coefficient (Wildman–Crippen LogP) is 2.89. The maximum Gasteiger partial charge on any atom is 0.0576 e. The number of hydrogen-bond donors (Lipinski definition) is 1. The Morgan fingerprint density at radius 2 is 2.47 bits per heavy atom. The van der Waals surface area contributed by atoms with Crippen molar-refractivity contribution in [3.63, 3.8) is 0 Å². The molecular formula is C12H17ClN2. The van der Waals surface area contributed by atoms with Crippen LogP contribution < -0.4 is 5.73 Å². The van der Waals surface area contributed by atoms with E-state index in [-0.39, 0.29) is 6.04 Å². The highest BCUT2D eigenvalue weighted by Crippen LogP contribution is 2.31. The van der Waals surface area contributed by atoms with Gasteiger partial charge in [0.15, 0.2) is 0 Å². The van der Waals surface area contributed by atoms with E-state index in [0.29, 0.717) is 11.6 Å². The predicted molar refractivity (Wildman–Crippen MR) is 64.0 cm³/mol. The van der Waals surface area contributed by atoms with Gasteiger partial charge >= 0.3 is 0 Å². The highest BCUT2D eigenvalue weighted by molar-refractivity contribution is 6.29. The van der Waals surface area contributed by atoms with Crippen LogP contribution in [0.4, 0.5) is 0 Å². The molecule has 1 aromatic heterocycles. The zero-order valence-corrected chi connectivity index (χ0v) is 9.85. The first-order valence-electron chi connectivity index (χ1n) is 5.37. The summed E-state index contributed by atoms with van der Waals surface area (Å²) in [6, 6.07) is 2.40. The van der Waals surface area contributed by atoms with Gasteiger partial charge in [-0.2, -0.15) is 0 Å². The molecule has 0 saturated carbocycles. The summed E-state index contributed by atoms with van der Waals surface area (Å²) in [5.41, 5.74) is 9.98. The van der Waals surface area contributed by atoms with Crippen LogP contribution in [0.3, 0.4) is 0 Å². The normalized spacial score (nSPS) is 20.1. The Balaban J connectivity index is 2.42. The summed E-state index contributed by atoms with van der Waals surface area (Å²) < 4.78 is 2.24. The lowest BCUT2D eigenvalue weighted by atomic mass is 9.93. The number of fused-ring (bicyclic) bond motifs is 1. The molecule has 1 aliphatic carbocycles. The van der Waals surface area contributed by atoms with E-state index >= 15 is 0 Å². The number of hydrogen-bond acceptors (Lipinski definition) is 1. The molecule has 0 radical (unpaired) electrons. The average Bonchev–Trinajstić information content (AvgIpc) is 2.45. The summed E-state index contributed by atoms with van der Waals surface area (Å²) in [5, 5.41) is 0.677. The second-order valence-corrected chi connectivity index (χ2v) is 4.82. The van der Waals surface area contributed by atoms with Gasteiger partial charge in [-0.3, -0.25) is 0 Å². The standard InChI is InChI=1S/C12H17ClN2/c1-8(13)7-15-9(2)6-10-11(14)4-3-5-12(10)15/h6,11H,1,3-5,7,14H2,2H3. The zero-order valence-electron chi connectivity index (χ0n) is 9.09. The van der Waals surface area contributed by atoms with Crippen LogP contribution in [0.2, 0.25) is 0 Å². The Bertz CT molecular complexity index is 393. The van der Waals surface area contributed by atoms with E-state index in [4.69, 9.17) is 17.3 Å². The van der Waals surface area contributed by atoms with Gasteiger partial charge in [-0.1, -0.05) is 18.2 Å². The van der Waals surface area contributed by atoms with Crippen molar-refractivity contribution in [2.75, 3.05) is 0 Å². The van der Waals surface area contributed by atoms with Gasteiger partial charge in [0.1, 0.15) is 0 Å². The van der Waals surface area contributed by atoms with Gasteiger partial charge in [0, 0.05) is 22.5 Å². The van der Waals surface area contributed by atoms with Crippen LogP contribution in [0.1, 0.15) is 35.8 Å². The number of aryl methyl sites for hydroxylation is 1. The number of allylic oxidation sites excluding steroid dienone is 1. The Hall–Kier alpha value is -0.730. The third kappa shape index (κ3) is 1.97. The quantitative estimate of drug-likeness (QED) is 0.823. The smallest absolute Gasteiger partial charge is 0.0576 e. The molecule has 1 unspecified atom stereocenters. The van der Waals surface area contributed by atoms with Crippen LogP contribution in [0.5, 0.6) is 0 Å². The van der Waals surface area contributed by atoms with E-state index in [9.17, 15) is 0 Å². The molecule has 0 aromatic carbocycles. The molecule has 0 spiro atoms. The molecule has 1 heterocycles. The molecule has 2 nitrogen and oxygen atoms in total. The van der Waals surface area contributed by atoms with E-state index in [0.717, 1.165) is 12.8 Å². The van der Waals surface area contributed by atoms with E-state index in [1.807, 2.05) is 0 Å². The van der Waals surface area contributed by atoms with Crippen LogP contribution >= 0.6 is 11.6 Å². The molecule has 1 aromatic rings. The first kappa shape index (κ1) is 10.8. The second-order valence-electron chi connectivity index (χ2n) is 4.29. The van der Waals surface area contributed by atoms with Gasteiger partial charge in [-0.05, 0) is 37.8 Å². The van der Waals surface area contributed by atoms with E-state index in [1.54, 1.807) is 0 Å². The summed E-state index contributed by atoms with van der Waals surface area (Å²) in [6.07, 6.45) is 3.38. The minimum atomic E-state index is 0.206. The minimum absolute atomic E-state index is 0.206. The van der Waals surface area contributed by atoms with Crippen molar-refractivity contribution >= 4 is 11.6 Å². The molecule has 0 amide bonds. The minimum Gasteiger partial charge on any atom is -0.343 e. The molecule has 82 valence electrons. The van der Waals surface area contributed by atoms with E-state index in [2.05, 4.69) is 24.1 Å². The lowest BCUT2D eigenvalue weighted by molar-refractivity contribution is 0.547. The zero-order chi connectivity index (χ0) is 11.0. The first-order valence-corrected chi connectivity index (χ1v) is 5.75. The van der Waals surface area contributed by atoms with Crippen molar-refractivity contribution in [3.8, 4) is 0 Å². The molecular weight excluding hydrogens is 208 g/mol. The number of rotatable bonds is 2. The van der Waals surface area contributed by atoms with E-state index < -0.39 is 0 Å². The fraction of sp³-hybridized carbons (Fsp3) is 0.500. The van der Waals surface area contributed by atoms with E-state index in [1.165, 1.54) is 23.4 Å². The molecule has 0 aliphatic heterocycles. The Labute approximate surface area is 95.7 Å².